The van der Waals surface area contributed by atoms with Gasteiger partial charge in [-0.1, -0.05) is 59.6 Å². The second-order valence-electron chi connectivity index (χ2n) is 6.22. The minimum atomic E-state index is -1.25. The number of carbonyl (C=O) groups is 2. The molecule has 8 heteroatoms. The van der Waals surface area contributed by atoms with Gasteiger partial charge in [-0.25, -0.2) is 0 Å². The van der Waals surface area contributed by atoms with Gasteiger partial charge in [0.1, 0.15) is 11.9 Å². The first-order valence-electron chi connectivity index (χ1n) is 8.35. The highest BCUT2D eigenvalue weighted by Gasteiger charge is 2.41. The SMILES string of the molecule is O=C(CN1C(=O)CC1S(=O)Cc1ccccc1)NCc1ccc(Cl)c(Cl)c1. The van der Waals surface area contributed by atoms with E-state index in [1.807, 2.05) is 30.3 Å². The Morgan fingerprint density at radius 3 is 2.52 bits per heavy atom. The van der Waals surface area contributed by atoms with E-state index in [4.69, 9.17) is 23.2 Å². The molecule has 2 aromatic rings. The van der Waals surface area contributed by atoms with Crippen LogP contribution in [0.5, 0.6) is 0 Å². The van der Waals surface area contributed by atoms with Crippen molar-refractivity contribution in [1.29, 1.82) is 0 Å². The zero-order chi connectivity index (χ0) is 19.4. The van der Waals surface area contributed by atoms with E-state index >= 15 is 0 Å². The summed E-state index contributed by atoms with van der Waals surface area (Å²) in [5.74, 6) is -0.109. The van der Waals surface area contributed by atoms with Crippen LogP contribution in [-0.4, -0.2) is 32.8 Å². The molecule has 2 unspecified atom stereocenters. The van der Waals surface area contributed by atoms with Gasteiger partial charge in [0, 0.05) is 17.3 Å². The molecule has 1 fully saturated rings. The summed E-state index contributed by atoms with van der Waals surface area (Å²) >= 11 is 11.8. The quantitative estimate of drug-likeness (QED) is 0.694. The van der Waals surface area contributed by atoms with Gasteiger partial charge in [-0.3, -0.25) is 13.8 Å². The van der Waals surface area contributed by atoms with Gasteiger partial charge >= 0.3 is 0 Å². The molecular formula is C19H18Cl2N2O3S. The highest BCUT2D eigenvalue weighted by Crippen LogP contribution is 2.24. The first-order valence-corrected chi connectivity index (χ1v) is 10.5. The smallest absolute Gasteiger partial charge is 0.239 e. The average molecular weight is 425 g/mol. The maximum Gasteiger partial charge on any atom is 0.239 e. The summed E-state index contributed by atoms with van der Waals surface area (Å²) in [6.45, 7) is 0.168. The third-order valence-corrected chi connectivity index (χ3v) is 6.65. The lowest BCUT2D eigenvalue weighted by atomic mass is 10.2. The molecule has 2 atom stereocenters. The molecule has 0 bridgehead atoms. The largest absolute Gasteiger partial charge is 0.350 e. The lowest BCUT2D eigenvalue weighted by molar-refractivity contribution is -0.145. The Morgan fingerprint density at radius 1 is 1.11 bits per heavy atom. The number of amides is 2. The van der Waals surface area contributed by atoms with E-state index in [0.717, 1.165) is 11.1 Å². The Morgan fingerprint density at radius 2 is 1.85 bits per heavy atom. The molecule has 142 valence electrons. The van der Waals surface area contributed by atoms with Crippen molar-refractivity contribution in [2.24, 2.45) is 0 Å². The van der Waals surface area contributed by atoms with Gasteiger partial charge in [0.2, 0.25) is 11.8 Å². The summed E-state index contributed by atoms with van der Waals surface area (Å²) in [6, 6.07) is 14.5. The van der Waals surface area contributed by atoms with Crippen molar-refractivity contribution in [3.63, 3.8) is 0 Å². The lowest BCUT2D eigenvalue weighted by Gasteiger charge is -2.39. The minimum Gasteiger partial charge on any atom is -0.350 e. The average Bonchev–Trinajstić information content (AvgIpc) is 2.65. The van der Waals surface area contributed by atoms with Crippen molar-refractivity contribution < 1.29 is 13.8 Å². The Balaban J connectivity index is 1.52. The summed E-state index contributed by atoms with van der Waals surface area (Å²) in [5, 5.41) is 3.18. The predicted octanol–water partition coefficient (Wildman–Crippen LogP) is 3.12. The van der Waals surface area contributed by atoms with Crippen LogP contribution in [0.4, 0.5) is 0 Å². The molecule has 1 heterocycles. The summed E-state index contributed by atoms with van der Waals surface area (Å²) < 4.78 is 12.5. The van der Waals surface area contributed by atoms with Crippen molar-refractivity contribution in [3.05, 3.63) is 69.7 Å². The van der Waals surface area contributed by atoms with E-state index in [2.05, 4.69) is 5.32 Å². The van der Waals surface area contributed by atoms with Gasteiger partial charge in [0.05, 0.1) is 22.2 Å². The highest BCUT2D eigenvalue weighted by molar-refractivity contribution is 7.85. The van der Waals surface area contributed by atoms with Crippen molar-refractivity contribution >= 4 is 45.8 Å². The Hall–Kier alpha value is -1.89. The number of β-lactam (4-membered cyclic amide) rings is 1. The molecule has 27 heavy (non-hydrogen) atoms. The van der Waals surface area contributed by atoms with Crippen molar-refractivity contribution in [1.82, 2.24) is 10.2 Å². The molecule has 0 radical (unpaired) electrons. The van der Waals surface area contributed by atoms with E-state index in [-0.39, 0.29) is 31.3 Å². The maximum atomic E-state index is 12.5. The Bertz CT molecular complexity index is 877. The van der Waals surface area contributed by atoms with Crippen LogP contribution in [0, 0.1) is 0 Å². The third kappa shape index (κ3) is 5.09. The number of nitrogens with zero attached hydrogens (tertiary/aromatic N) is 1. The number of carbonyl (C=O) groups excluding carboxylic acids is 2. The summed E-state index contributed by atoms with van der Waals surface area (Å²) in [6.07, 6.45) is 0.208. The lowest BCUT2D eigenvalue weighted by Crippen LogP contribution is -2.57. The number of benzene rings is 2. The molecule has 5 nitrogen and oxygen atoms in total. The molecular weight excluding hydrogens is 407 g/mol. The molecule has 3 rings (SSSR count). The molecule has 0 saturated carbocycles. The monoisotopic (exact) mass is 424 g/mol. The van der Waals surface area contributed by atoms with Crippen LogP contribution in [0.1, 0.15) is 17.5 Å². The summed E-state index contributed by atoms with van der Waals surface area (Å²) in [5.41, 5.74) is 1.75. The molecule has 1 aliphatic rings. The first-order chi connectivity index (χ1) is 12.9. The predicted molar refractivity (Wildman–Crippen MR) is 107 cm³/mol. The van der Waals surface area contributed by atoms with Crippen LogP contribution in [0.25, 0.3) is 0 Å². The third-order valence-electron chi connectivity index (χ3n) is 4.26. The van der Waals surface area contributed by atoms with E-state index in [9.17, 15) is 13.8 Å². The standard InChI is InChI=1S/C19H18Cl2N2O3S/c20-15-7-6-14(8-16(15)21)10-22-17(24)11-23-18(25)9-19(23)27(26)12-13-4-2-1-3-5-13/h1-8,19H,9-12H2,(H,22,24). The normalized spacial score (nSPS) is 17.3. The number of hydrogen-bond donors (Lipinski definition) is 1. The Kier molecular flexibility index (Phi) is 6.52. The van der Waals surface area contributed by atoms with Crippen LogP contribution in [0.2, 0.25) is 10.0 Å². The number of nitrogens with one attached hydrogen (secondary N) is 1. The van der Waals surface area contributed by atoms with Gasteiger partial charge in [0.25, 0.3) is 0 Å². The summed E-state index contributed by atoms with van der Waals surface area (Å²) in [4.78, 5) is 25.4. The molecule has 0 spiro atoms. The zero-order valence-corrected chi connectivity index (χ0v) is 16.7. The molecule has 0 aromatic heterocycles. The van der Waals surface area contributed by atoms with Crippen LogP contribution in [0.15, 0.2) is 48.5 Å². The van der Waals surface area contributed by atoms with Gasteiger partial charge in [0.15, 0.2) is 0 Å². The molecule has 2 amide bonds. The van der Waals surface area contributed by atoms with E-state index in [1.54, 1.807) is 18.2 Å². The second-order valence-corrected chi connectivity index (χ2v) is 8.62. The van der Waals surface area contributed by atoms with Crippen LogP contribution in [0.3, 0.4) is 0 Å². The zero-order valence-electron chi connectivity index (χ0n) is 14.4. The molecule has 1 saturated heterocycles. The minimum absolute atomic E-state index is 0.106. The highest BCUT2D eigenvalue weighted by atomic mass is 35.5. The molecule has 1 aliphatic heterocycles. The van der Waals surface area contributed by atoms with E-state index in [0.29, 0.717) is 15.8 Å². The number of halogens is 2. The van der Waals surface area contributed by atoms with E-state index < -0.39 is 16.2 Å². The fourth-order valence-electron chi connectivity index (χ4n) is 2.75. The fraction of sp³-hybridized carbons (Fsp3) is 0.263. The molecule has 1 N–H and O–H groups in total. The number of likely N-dealkylation sites (tertiary alicyclic amines) is 1. The van der Waals surface area contributed by atoms with Crippen molar-refractivity contribution in [3.8, 4) is 0 Å². The van der Waals surface area contributed by atoms with Crippen LogP contribution in [-0.2, 0) is 32.7 Å². The number of rotatable bonds is 7. The second kappa shape index (κ2) is 8.87. The van der Waals surface area contributed by atoms with E-state index in [1.165, 1.54) is 4.90 Å². The Labute approximate surface area is 170 Å². The van der Waals surface area contributed by atoms with Gasteiger partial charge in [-0.2, -0.15) is 0 Å². The molecule has 2 aromatic carbocycles. The maximum absolute atomic E-state index is 12.5. The summed E-state index contributed by atoms with van der Waals surface area (Å²) in [7, 11) is -1.25. The fourth-order valence-corrected chi connectivity index (χ4v) is 4.58. The van der Waals surface area contributed by atoms with Crippen molar-refractivity contribution in [2.45, 2.75) is 24.1 Å². The van der Waals surface area contributed by atoms with Gasteiger partial charge in [-0.05, 0) is 23.3 Å². The van der Waals surface area contributed by atoms with Crippen LogP contribution >= 0.6 is 23.2 Å². The van der Waals surface area contributed by atoms with Crippen molar-refractivity contribution in [2.75, 3.05) is 6.54 Å². The number of hydrogen-bond acceptors (Lipinski definition) is 3. The van der Waals surface area contributed by atoms with Gasteiger partial charge < -0.3 is 10.2 Å². The molecule has 0 aliphatic carbocycles. The topological polar surface area (TPSA) is 66.5 Å². The van der Waals surface area contributed by atoms with Crippen LogP contribution < -0.4 is 5.32 Å². The first kappa shape index (κ1) is 19.9. The van der Waals surface area contributed by atoms with Gasteiger partial charge in [-0.15, -0.1) is 0 Å².